The second kappa shape index (κ2) is 7.51. The van der Waals surface area contributed by atoms with Gasteiger partial charge in [-0.1, -0.05) is 13.0 Å². The Morgan fingerprint density at radius 2 is 2.09 bits per heavy atom. The van der Waals surface area contributed by atoms with E-state index in [4.69, 9.17) is 9.47 Å². The van der Waals surface area contributed by atoms with Gasteiger partial charge < -0.3 is 14.8 Å². The number of fused-ring (bicyclic) bond motifs is 1. The van der Waals surface area contributed by atoms with E-state index in [2.05, 4.69) is 41.5 Å². The van der Waals surface area contributed by atoms with Crippen LogP contribution in [0.15, 0.2) is 24.4 Å². The normalized spacial score (nSPS) is 14.7. The summed E-state index contributed by atoms with van der Waals surface area (Å²) < 4.78 is 11.3. The number of hydrogen-bond donors (Lipinski definition) is 2. The molecule has 5 nitrogen and oxygen atoms in total. The van der Waals surface area contributed by atoms with Crippen LogP contribution in [0, 0.1) is 6.92 Å². The van der Waals surface area contributed by atoms with Gasteiger partial charge in [-0.25, -0.2) is 0 Å². The molecule has 0 spiro atoms. The maximum absolute atomic E-state index is 5.68. The molecule has 0 bridgehead atoms. The third kappa shape index (κ3) is 3.85. The van der Waals surface area contributed by atoms with Crippen molar-refractivity contribution in [3.63, 3.8) is 0 Å². The number of aromatic nitrogens is 2. The van der Waals surface area contributed by atoms with Gasteiger partial charge in [0.1, 0.15) is 13.2 Å². The number of H-pyrrole nitrogens is 1. The van der Waals surface area contributed by atoms with Crippen molar-refractivity contribution in [3.8, 4) is 11.5 Å². The Morgan fingerprint density at radius 3 is 2.83 bits per heavy atom. The summed E-state index contributed by atoms with van der Waals surface area (Å²) in [5, 5.41) is 10.7. The van der Waals surface area contributed by atoms with E-state index in [9.17, 15) is 0 Å². The van der Waals surface area contributed by atoms with Crippen molar-refractivity contribution in [1.29, 1.82) is 0 Å². The predicted octanol–water partition coefficient (Wildman–Crippen LogP) is 3.16. The molecule has 0 amide bonds. The molecule has 2 aromatic rings. The lowest BCUT2D eigenvalue weighted by atomic mass is 10.0. The van der Waals surface area contributed by atoms with Crippen molar-refractivity contribution in [2.45, 2.75) is 39.2 Å². The van der Waals surface area contributed by atoms with Crippen LogP contribution in [0.25, 0.3) is 0 Å². The number of hydrogen-bond acceptors (Lipinski definition) is 4. The minimum Gasteiger partial charge on any atom is -0.486 e. The highest BCUT2D eigenvalue weighted by molar-refractivity contribution is 5.44. The summed E-state index contributed by atoms with van der Waals surface area (Å²) in [5.74, 6) is 1.72. The van der Waals surface area contributed by atoms with E-state index < -0.39 is 0 Å². The highest BCUT2D eigenvalue weighted by atomic mass is 16.6. The summed E-state index contributed by atoms with van der Waals surface area (Å²) in [4.78, 5) is 0. The zero-order valence-corrected chi connectivity index (χ0v) is 13.9. The summed E-state index contributed by atoms with van der Waals surface area (Å²) >= 11 is 0. The average molecular weight is 315 g/mol. The monoisotopic (exact) mass is 315 g/mol. The Hall–Kier alpha value is -2.01. The van der Waals surface area contributed by atoms with Crippen LogP contribution in [-0.4, -0.2) is 30.0 Å². The summed E-state index contributed by atoms with van der Waals surface area (Å²) in [5.41, 5.74) is 3.74. The molecule has 0 unspecified atom stereocenters. The van der Waals surface area contributed by atoms with Crippen LogP contribution in [0.3, 0.4) is 0 Å². The van der Waals surface area contributed by atoms with Crippen LogP contribution in [-0.2, 0) is 6.42 Å². The van der Waals surface area contributed by atoms with Gasteiger partial charge in [0.15, 0.2) is 11.5 Å². The first-order chi connectivity index (χ1) is 11.3. The van der Waals surface area contributed by atoms with Gasteiger partial charge in [-0.3, -0.25) is 5.10 Å². The van der Waals surface area contributed by atoms with Gasteiger partial charge in [0.05, 0.1) is 6.20 Å². The molecule has 1 atom stereocenters. The SMILES string of the molecule is CC[C@@H](NCCCc1cn[nH]c1C)c1ccc2c(c1)OCCO2. The van der Waals surface area contributed by atoms with Crippen molar-refractivity contribution in [2.24, 2.45) is 0 Å². The summed E-state index contributed by atoms with van der Waals surface area (Å²) in [6.45, 7) is 6.52. The lowest BCUT2D eigenvalue weighted by Gasteiger charge is -2.22. The van der Waals surface area contributed by atoms with Crippen molar-refractivity contribution >= 4 is 0 Å². The van der Waals surface area contributed by atoms with E-state index in [0.29, 0.717) is 19.3 Å². The number of aromatic amines is 1. The van der Waals surface area contributed by atoms with Crippen LogP contribution in [0.4, 0.5) is 0 Å². The number of nitrogens with zero attached hydrogens (tertiary/aromatic N) is 1. The van der Waals surface area contributed by atoms with Gasteiger partial charge >= 0.3 is 0 Å². The van der Waals surface area contributed by atoms with Crippen LogP contribution in [0.1, 0.15) is 42.6 Å². The first-order valence-electron chi connectivity index (χ1n) is 8.39. The maximum Gasteiger partial charge on any atom is 0.161 e. The second-order valence-corrected chi connectivity index (χ2v) is 5.94. The zero-order chi connectivity index (χ0) is 16.1. The molecular weight excluding hydrogens is 290 g/mol. The first-order valence-corrected chi connectivity index (χ1v) is 8.39. The van der Waals surface area contributed by atoms with Gasteiger partial charge in [0.2, 0.25) is 0 Å². The van der Waals surface area contributed by atoms with Gasteiger partial charge in [-0.2, -0.15) is 5.10 Å². The van der Waals surface area contributed by atoms with E-state index in [0.717, 1.165) is 37.3 Å². The smallest absolute Gasteiger partial charge is 0.161 e. The molecule has 2 N–H and O–H groups in total. The third-order valence-corrected chi connectivity index (χ3v) is 4.32. The van der Waals surface area contributed by atoms with E-state index in [1.54, 1.807) is 0 Å². The van der Waals surface area contributed by atoms with Gasteiger partial charge in [0, 0.05) is 11.7 Å². The standard InChI is InChI=1S/C18H25N3O2/c1-3-16(19-8-4-5-15-12-20-21-13(15)2)14-6-7-17-18(11-14)23-10-9-22-17/h6-7,11-12,16,19H,3-5,8-10H2,1-2H3,(H,20,21)/t16-/m1/s1. The molecule has 1 aliphatic heterocycles. The second-order valence-electron chi connectivity index (χ2n) is 5.94. The average Bonchev–Trinajstić information content (AvgIpc) is 3.00. The highest BCUT2D eigenvalue weighted by Crippen LogP contribution is 2.33. The van der Waals surface area contributed by atoms with Gasteiger partial charge in [-0.05, 0) is 56.0 Å². The molecule has 0 fully saturated rings. The van der Waals surface area contributed by atoms with Crippen molar-refractivity contribution in [3.05, 3.63) is 41.2 Å². The molecule has 1 aliphatic rings. The molecule has 1 aromatic heterocycles. The summed E-state index contributed by atoms with van der Waals surface area (Å²) in [7, 11) is 0. The maximum atomic E-state index is 5.68. The molecule has 3 rings (SSSR count). The summed E-state index contributed by atoms with van der Waals surface area (Å²) in [6.07, 6.45) is 5.12. The quantitative estimate of drug-likeness (QED) is 0.771. The van der Waals surface area contributed by atoms with Crippen LogP contribution < -0.4 is 14.8 Å². The van der Waals surface area contributed by atoms with E-state index in [1.807, 2.05) is 12.3 Å². The molecule has 0 radical (unpaired) electrons. The minimum absolute atomic E-state index is 0.344. The Morgan fingerprint density at radius 1 is 1.26 bits per heavy atom. The molecule has 124 valence electrons. The van der Waals surface area contributed by atoms with Crippen LogP contribution in [0.2, 0.25) is 0 Å². The number of benzene rings is 1. The Bertz CT molecular complexity index is 639. The van der Waals surface area contributed by atoms with Gasteiger partial charge in [-0.15, -0.1) is 0 Å². The molecule has 0 aliphatic carbocycles. The lowest BCUT2D eigenvalue weighted by Crippen LogP contribution is -2.23. The summed E-state index contributed by atoms with van der Waals surface area (Å²) in [6, 6.07) is 6.60. The van der Waals surface area contributed by atoms with Crippen molar-refractivity contribution < 1.29 is 9.47 Å². The van der Waals surface area contributed by atoms with Crippen molar-refractivity contribution in [1.82, 2.24) is 15.5 Å². The first kappa shape index (κ1) is 15.9. The molecule has 0 saturated heterocycles. The largest absolute Gasteiger partial charge is 0.486 e. The number of nitrogens with one attached hydrogen (secondary N) is 2. The molecule has 5 heteroatoms. The fraction of sp³-hybridized carbons (Fsp3) is 0.500. The Kier molecular flexibility index (Phi) is 5.18. The Balaban J connectivity index is 1.54. The molecule has 2 heterocycles. The topological polar surface area (TPSA) is 59.2 Å². The molecular formula is C18H25N3O2. The Labute approximate surface area is 137 Å². The van der Waals surface area contributed by atoms with Crippen molar-refractivity contribution in [2.75, 3.05) is 19.8 Å². The number of rotatable bonds is 7. The van der Waals surface area contributed by atoms with E-state index in [1.165, 1.54) is 16.8 Å². The fourth-order valence-electron chi connectivity index (χ4n) is 2.96. The molecule has 23 heavy (non-hydrogen) atoms. The number of ether oxygens (including phenoxy) is 2. The van der Waals surface area contributed by atoms with Crippen LogP contribution >= 0.6 is 0 Å². The molecule has 1 aromatic carbocycles. The highest BCUT2D eigenvalue weighted by Gasteiger charge is 2.15. The molecule has 0 saturated carbocycles. The number of aryl methyl sites for hydroxylation is 2. The minimum atomic E-state index is 0.344. The predicted molar refractivity (Wildman–Crippen MR) is 90.1 cm³/mol. The third-order valence-electron chi connectivity index (χ3n) is 4.32. The fourth-order valence-corrected chi connectivity index (χ4v) is 2.96. The van der Waals surface area contributed by atoms with E-state index in [-0.39, 0.29) is 0 Å². The van der Waals surface area contributed by atoms with Gasteiger partial charge in [0.25, 0.3) is 0 Å². The zero-order valence-electron chi connectivity index (χ0n) is 13.9. The van der Waals surface area contributed by atoms with E-state index >= 15 is 0 Å². The lowest BCUT2D eigenvalue weighted by molar-refractivity contribution is 0.171. The van der Waals surface area contributed by atoms with Crippen LogP contribution in [0.5, 0.6) is 11.5 Å².